The Labute approximate surface area is 179 Å². The number of nitrogens with one attached hydrogen (secondary N) is 1. The van der Waals surface area contributed by atoms with E-state index in [9.17, 15) is 8.78 Å². The zero-order valence-electron chi connectivity index (χ0n) is 17.8. The topological polar surface area (TPSA) is 70.7 Å². The van der Waals surface area contributed by atoms with Crippen LogP contribution < -0.4 is 5.32 Å². The van der Waals surface area contributed by atoms with Gasteiger partial charge in [-0.05, 0) is 38.1 Å². The Morgan fingerprint density at radius 2 is 2.06 bits per heavy atom. The van der Waals surface area contributed by atoms with Crippen molar-refractivity contribution < 1.29 is 8.78 Å². The van der Waals surface area contributed by atoms with E-state index in [4.69, 9.17) is 4.98 Å². The number of likely N-dealkylation sites (N-methyl/N-ethyl adjacent to an activating group) is 1. The summed E-state index contributed by atoms with van der Waals surface area (Å²) in [5, 5.41) is 8.05. The first-order valence-corrected chi connectivity index (χ1v) is 10.5. The lowest BCUT2D eigenvalue weighted by Crippen LogP contribution is -2.28. The largest absolute Gasteiger partial charge is 0.349 e. The van der Waals surface area contributed by atoms with E-state index >= 15 is 0 Å². The van der Waals surface area contributed by atoms with Crippen molar-refractivity contribution in [1.29, 1.82) is 0 Å². The number of likely N-dealkylation sites (tertiary alicyclic amines) is 1. The lowest BCUT2D eigenvalue weighted by molar-refractivity contribution is 0.135. The van der Waals surface area contributed by atoms with Gasteiger partial charge in [-0.2, -0.15) is 0 Å². The summed E-state index contributed by atoms with van der Waals surface area (Å²) in [5.74, 6) is 0.666. The van der Waals surface area contributed by atoms with E-state index in [1.54, 1.807) is 17.6 Å². The molecule has 1 unspecified atom stereocenters. The van der Waals surface area contributed by atoms with Crippen LogP contribution in [-0.2, 0) is 0 Å². The van der Waals surface area contributed by atoms with Crippen LogP contribution in [0.1, 0.15) is 31.9 Å². The van der Waals surface area contributed by atoms with Crippen molar-refractivity contribution in [2.75, 3.05) is 25.5 Å². The molecule has 0 saturated carbocycles. The predicted molar refractivity (Wildman–Crippen MR) is 116 cm³/mol. The summed E-state index contributed by atoms with van der Waals surface area (Å²) in [6, 6.07) is 5.97. The van der Waals surface area contributed by atoms with E-state index in [0.717, 1.165) is 24.2 Å². The fourth-order valence-corrected chi connectivity index (χ4v) is 4.64. The molecule has 1 saturated heterocycles. The quantitative estimate of drug-likeness (QED) is 0.669. The first-order chi connectivity index (χ1) is 14.9. The lowest BCUT2D eigenvalue weighted by atomic mass is 9.97. The Kier molecular flexibility index (Phi) is 4.92. The van der Waals surface area contributed by atoms with E-state index in [1.165, 1.54) is 0 Å². The van der Waals surface area contributed by atoms with E-state index in [-0.39, 0.29) is 6.42 Å². The Morgan fingerprint density at radius 1 is 1.23 bits per heavy atom. The number of hydrogen-bond acceptors (Lipinski definition) is 6. The molecule has 2 aliphatic rings. The van der Waals surface area contributed by atoms with E-state index in [2.05, 4.69) is 39.3 Å². The molecule has 0 bridgehead atoms. The summed E-state index contributed by atoms with van der Waals surface area (Å²) in [6.45, 7) is 6.01. The van der Waals surface area contributed by atoms with Crippen LogP contribution in [-0.4, -0.2) is 62.8 Å². The van der Waals surface area contributed by atoms with Gasteiger partial charge in [0.2, 0.25) is 12.4 Å². The van der Waals surface area contributed by atoms with Gasteiger partial charge in [-0.15, -0.1) is 5.10 Å². The summed E-state index contributed by atoms with van der Waals surface area (Å²) >= 11 is 0. The van der Waals surface area contributed by atoms with Gasteiger partial charge < -0.3 is 10.2 Å². The third-order valence-electron chi connectivity index (χ3n) is 6.25. The summed E-state index contributed by atoms with van der Waals surface area (Å²) in [4.78, 5) is 15.9. The molecule has 0 aliphatic carbocycles. The minimum absolute atomic E-state index is 0.262. The second kappa shape index (κ2) is 7.64. The van der Waals surface area contributed by atoms with Crippen molar-refractivity contribution in [2.45, 2.75) is 38.7 Å². The molecule has 0 spiro atoms. The SMILES string of the molecule is CC1=Nc2ccc(-c3ccn4nc(N[C@@H]5CN(C)C[C@H]5C)ncc34)nc2C1CC(F)F. The van der Waals surface area contributed by atoms with Crippen molar-refractivity contribution in [2.24, 2.45) is 10.9 Å². The van der Waals surface area contributed by atoms with Crippen molar-refractivity contribution in [1.82, 2.24) is 24.5 Å². The summed E-state index contributed by atoms with van der Waals surface area (Å²) in [7, 11) is 2.11. The third kappa shape index (κ3) is 3.67. The molecule has 3 aromatic rings. The first kappa shape index (κ1) is 20.0. The molecule has 3 atom stereocenters. The van der Waals surface area contributed by atoms with E-state index in [0.29, 0.717) is 40.7 Å². The molecule has 31 heavy (non-hydrogen) atoms. The van der Waals surface area contributed by atoms with Crippen molar-refractivity contribution >= 4 is 22.9 Å². The smallest absolute Gasteiger partial charge is 0.241 e. The van der Waals surface area contributed by atoms with Gasteiger partial charge in [0.1, 0.15) is 0 Å². The minimum atomic E-state index is -2.40. The Morgan fingerprint density at radius 3 is 2.81 bits per heavy atom. The van der Waals surface area contributed by atoms with Crippen LogP contribution in [0.15, 0.2) is 35.6 Å². The Balaban J connectivity index is 1.43. The second-order valence-electron chi connectivity index (χ2n) is 8.62. The number of hydrogen-bond donors (Lipinski definition) is 1. The average Bonchev–Trinajstić information content (AvgIpc) is 3.37. The molecule has 0 aromatic carbocycles. The molecule has 2 aliphatic heterocycles. The number of alkyl halides is 2. The maximum Gasteiger partial charge on any atom is 0.241 e. The molecular weight excluding hydrogens is 400 g/mol. The van der Waals surface area contributed by atoms with Crippen molar-refractivity contribution in [3.63, 3.8) is 0 Å². The van der Waals surface area contributed by atoms with Crippen LogP contribution in [0.25, 0.3) is 16.8 Å². The van der Waals surface area contributed by atoms with Crippen LogP contribution in [0.5, 0.6) is 0 Å². The highest BCUT2D eigenvalue weighted by atomic mass is 19.3. The van der Waals surface area contributed by atoms with Gasteiger partial charge in [0.05, 0.1) is 28.8 Å². The molecule has 0 radical (unpaired) electrons. The van der Waals surface area contributed by atoms with Crippen LogP contribution in [0.2, 0.25) is 0 Å². The third-order valence-corrected chi connectivity index (χ3v) is 6.25. The molecular formula is C22H25F2N7. The fourth-order valence-electron chi connectivity index (χ4n) is 4.64. The van der Waals surface area contributed by atoms with Crippen LogP contribution >= 0.6 is 0 Å². The number of pyridine rings is 1. The first-order valence-electron chi connectivity index (χ1n) is 10.5. The molecule has 162 valence electrons. The average molecular weight is 425 g/mol. The summed E-state index contributed by atoms with van der Waals surface area (Å²) in [5.41, 5.74) is 4.37. The van der Waals surface area contributed by atoms with Gasteiger partial charge in [0.15, 0.2) is 0 Å². The van der Waals surface area contributed by atoms with Gasteiger partial charge >= 0.3 is 0 Å². The number of halogens is 2. The highest BCUT2D eigenvalue weighted by Gasteiger charge is 2.30. The highest BCUT2D eigenvalue weighted by Crippen LogP contribution is 2.39. The monoisotopic (exact) mass is 425 g/mol. The molecule has 5 heterocycles. The normalized spacial score (nSPS) is 23.5. The van der Waals surface area contributed by atoms with Crippen LogP contribution in [0.3, 0.4) is 0 Å². The predicted octanol–water partition coefficient (Wildman–Crippen LogP) is 4.00. The lowest BCUT2D eigenvalue weighted by Gasteiger charge is -2.16. The van der Waals surface area contributed by atoms with Crippen molar-refractivity contribution in [3.8, 4) is 11.3 Å². The summed E-state index contributed by atoms with van der Waals surface area (Å²) in [6.07, 6.45) is 0.988. The van der Waals surface area contributed by atoms with E-state index in [1.807, 2.05) is 24.4 Å². The molecule has 7 nitrogen and oxygen atoms in total. The molecule has 5 rings (SSSR count). The Hall–Kier alpha value is -2.94. The number of anilines is 1. The van der Waals surface area contributed by atoms with Crippen molar-refractivity contribution in [3.05, 3.63) is 36.3 Å². The molecule has 3 aromatic heterocycles. The fraction of sp³-hybridized carbons (Fsp3) is 0.455. The van der Waals surface area contributed by atoms with Gasteiger partial charge in [-0.1, -0.05) is 6.92 Å². The molecule has 1 N–H and O–H groups in total. The molecule has 1 fully saturated rings. The molecule has 0 amide bonds. The zero-order chi connectivity index (χ0) is 21.7. The minimum Gasteiger partial charge on any atom is -0.349 e. The van der Waals surface area contributed by atoms with Gasteiger partial charge in [-0.3, -0.25) is 4.99 Å². The maximum absolute atomic E-state index is 13.1. The van der Waals surface area contributed by atoms with Crippen LogP contribution in [0.4, 0.5) is 20.4 Å². The highest BCUT2D eigenvalue weighted by molar-refractivity contribution is 5.96. The number of aliphatic imine (C=N–C) groups is 1. The number of fused-ring (bicyclic) bond motifs is 2. The number of nitrogens with zero attached hydrogens (tertiary/aromatic N) is 6. The Bertz CT molecular complexity index is 1160. The maximum atomic E-state index is 13.1. The molecule has 9 heteroatoms. The standard InChI is InChI=1S/C22H25F2N7/c1-12-10-30(3)11-18(12)28-22-25-9-19-14(6-7-31(19)29-22)16-4-5-17-21(27-16)15(8-20(23)24)13(2)26-17/h4-7,9,12,15,18,20H,8,10-11H2,1-3H3,(H,28,29)/t12-,15?,18-/m1/s1. The van der Waals surface area contributed by atoms with Gasteiger partial charge in [0, 0.05) is 48.9 Å². The number of rotatable bonds is 5. The number of aromatic nitrogens is 4. The second-order valence-corrected chi connectivity index (χ2v) is 8.62. The van der Waals surface area contributed by atoms with Gasteiger partial charge in [-0.25, -0.2) is 23.3 Å². The van der Waals surface area contributed by atoms with E-state index < -0.39 is 12.3 Å². The zero-order valence-corrected chi connectivity index (χ0v) is 17.8. The van der Waals surface area contributed by atoms with Gasteiger partial charge in [0.25, 0.3) is 0 Å². The van der Waals surface area contributed by atoms with Crippen LogP contribution in [0, 0.1) is 5.92 Å². The summed E-state index contributed by atoms with van der Waals surface area (Å²) < 4.78 is 27.9.